The number of allylic oxidation sites excluding steroid dienone is 2. The molecule has 0 radical (unpaired) electrons. The number of carbonyl (C=O) groups is 1. The first-order valence-corrected chi connectivity index (χ1v) is 11.7. The minimum Gasteiger partial charge on any atom is -0.487 e. The Labute approximate surface area is 194 Å². The minimum atomic E-state index is -0.516. The van der Waals surface area contributed by atoms with Gasteiger partial charge in [-0.3, -0.25) is 14.9 Å². The van der Waals surface area contributed by atoms with E-state index in [1.807, 2.05) is 6.07 Å². The van der Waals surface area contributed by atoms with Gasteiger partial charge in [-0.2, -0.15) is 0 Å². The number of carbonyl (C=O) groups excluding carboxylic acids is 1. The SMILES string of the molecule is CCCc1cc(OC(=O)Cc2ccccc2[N+](=O)[O-])c2c(c1)OC(C)(C)[C@H]1CCC(C)=CC21. The summed E-state index contributed by atoms with van der Waals surface area (Å²) in [6, 6.07) is 10.3. The highest BCUT2D eigenvalue weighted by atomic mass is 16.6. The molecular formula is C27H31NO5. The molecule has 0 N–H and O–H groups in total. The predicted octanol–water partition coefficient (Wildman–Crippen LogP) is 6.31. The summed E-state index contributed by atoms with van der Waals surface area (Å²) in [5.41, 5.74) is 3.23. The first-order valence-electron chi connectivity index (χ1n) is 11.7. The Hall–Kier alpha value is -3.15. The van der Waals surface area contributed by atoms with Crippen molar-refractivity contribution in [3.8, 4) is 11.5 Å². The summed E-state index contributed by atoms with van der Waals surface area (Å²) in [6.45, 7) is 8.52. The van der Waals surface area contributed by atoms with Crippen molar-refractivity contribution in [1.82, 2.24) is 0 Å². The second-order valence-electron chi connectivity index (χ2n) is 9.68. The summed E-state index contributed by atoms with van der Waals surface area (Å²) < 4.78 is 12.4. The van der Waals surface area contributed by atoms with Gasteiger partial charge in [-0.1, -0.05) is 43.2 Å². The van der Waals surface area contributed by atoms with Crippen molar-refractivity contribution in [3.63, 3.8) is 0 Å². The molecule has 1 heterocycles. The van der Waals surface area contributed by atoms with Gasteiger partial charge < -0.3 is 9.47 Å². The lowest BCUT2D eigenvalue weighted by Gasteiger charge is -2.46. The van der Waals surface area contributed by atoms with Gasteiger partial charge in [-0.25, -0.2) is 0 Å². The van der Waals surface area contributed by atoms with Crippen molar-refractivity contribution in [2.45, 2.75) is 71.3 Å². The van der Waals surface area contributed by atoms with E-state index in [9.17, 15) is 14.9 Å². The number of hydrogen-bond donors (Lipinski definition) is 0. The lowest BCUT2D eigenvalue weighted by Crippen LogP contribution is -2.45. The molecule has 0 bridgehead atoms. The molecule has 2 aromatic carbocycles. The summed E-state index contributed by atoms with van der Waals surface area (Å²) in [4.78, 5) is 23.8. The highest BCUT2D eigenvalue weighted by Crippen LogP contribution is 2.53. The summed E-state index contributed by atoms with van der Waals surface area (Å²) in [5.74, 6) is 1.14. The van der Waals surface area contributed by atoms with Gasteiger partial charge >= 0.3 is 5.97 Å². The second kappa shape index (κ2) is 9.00. The average Bonchev–Trinajstić information content (AvgIpc) is 2.73. The fourth-order valence-electron chi connectivity index (χ4n) is 5.23. The van der Waals surface area contributed by atoms with Gasteiger partial charge in [0.05, 0.1) is 11.3 Å². The number of nitro benzene ring substituents is 1. The van der Waals surface area contributed by atoms with Crippen LogP contribution in [0.3, 0.4) is 0 Å². The van der Waals surface area contributed by atoms with E-state index >= 15 is 0 Å². The van der Waals surface area contributed by atoms with E-state index in [4.69, 9.17) is 9.47 Å². The molecule has 4 rings (SSSR count). The average molecular weight is 450 g/mol. The molecule has 6 nitrogen and oxygen atoms in total. The van der Waals surface area contributed by atoms with Crippen LogP contribution >= 0.6 is 0 Å². The van der Waals surface area contributed by atoms with Gasteiger partial charge in [-0.05, 0) is 57.7 Å². The van der Waals surface area contributed by atoms with E-state index in [1.54, 1.807) is 18.2 Å². The molecule has 174 valence electrons. The number of rotatable bonds is 6. The van der Waals surface area contributed by atoms with Gasteiger partial charge in [0.15, 0.2) is 0 Å². The zero-order valence-corrected chi connectivity index (χ0v) is 19.7. The maximum atomic E-state index is 13.0. The molecule has 0 saturated carbocycles. The second-order valence-corrected chi connectivity index (χ2v) is 9.68. The maximum Gasteiger partial charge on any atom is 0.315 e. The van der Waals surface area contributed by atoms with Crippen LogP contribution in [-0.2, 0) is 17.6 Å². The monoisotopic (exact) mass is 449 g/mol. The third kappa shape index (κ3) is 4.65. The Morgan fingerprint density at radius 1 is 1.27 bits per heavy atom. The van der Waals surface area contributed by atoms with Gasteiger partial charge in [0.1, 0.15) is 17.1 Å². The fraction of sp³-hybridized carbons (Fsp3) is 0.444. The summed E-state index contributed by atoms with van der Waals surface area (Å²) in [5, 5.41) is 11.3. The Kier molecular flexibility index (Phi) is 6.28. The molecule has 33 heavy (non-hydrogen) atoms. The van der Waals surface area contributed by atoms with Crippen LogP contribution in [0, 0.1) is 16.0 Å². The molecular weight excluding hydrogens is 418 g/mol. The van der Waals surface area contributed by atoms with Crippen molar-refractivity contribution in [2.75, 3.05) is 0 Å². The van der Waals surface area contributed by atoms with Crippen molar-refractivity contribution in [1.29, 1.82) is 0 Å². The maximum absolute atomic E-state index is 13.0. The highest BCUT2D eigenvalue weighted by molar-refractivity contribution is 5.77. The molecule has 2 aromatic rings. The van der Waals surface area contributed by atoms with Crippen LogP contribution in [0.2, 0.25) is 0 Å². The molecule has 6 heteroatoms. The van der Waals surface area contributed by atoms with Gasteiger partial charge in [-0.15, -0.1) is 0 Å². The molecule has 1 aliphatic heterocycles. The van der Waals surface area contributed by atoms with Crippen molar-refractivity contribution >= 4 is 11.7 Å². The first-order chi connectivity index (χ1) is 15.7. The Bertz CT molecular complexity index is 1120. The highest BCUT2D eigenvalue weighted by Gasteiger charge is 2.45. The Morgan fingerprint density at radius 2 is 2.03 bits per heavy atom. The van der Waals surface area contributed by atoms with Crippen LogP contribution in [0.25, 0.3) is 0 Å². The molecule has 0 fully saturated rings. The molecule has 0 spiro atoms. The first kappa shape index (κ1) is 23.0. The van der Waals surface area contributed by atoms with Crippen LogP contribution in [0.5, 0.6) is 11.5 Å². The number of fused-ring (bicyclic) bond motifs is 3. The fourth-order valence-corrected chi connectivity index (χ4v) is 5.23. The summed E-state index contributed by atoms with van der Waals surface area (Å²) in [6.07, 6.45) is 5.96. The van der Waals surface area contributed by atoms with Crippen molar-refractivity contribution in [3.05, 3.63) is 74.9 Å². The standard InChI is InChI=1S/C27H31NO5/c1-5-8-18-14-23(32-25(29)16-19-9-6-7-10-22(19)28(30)31)26-20-13-17(2)11-12-21(20)27(3,4)33-24(26)15-18/h6-7,9-10,13-15,20-21H,5,8,11-12,16H2,1-4H3/t20?,21-/m0/s1. The number of nitrogens with zero attached hydrogens (tertiary/aromatic N) is 1. The molecule has 2 atom stereocenters. The number of para-hydroxylation sites is 1. The van der Waals surface area contributed by atoms with Crippen LogP contribution in [0.15, 0.2) is 48.0 Å². The Morgan fingerprint density at radius 3 is 2.76 bits per heavy atom. The van der Waals surface area contributed by atoms with Crippen LogP contribution in [0.1, 0.15) is 69.6 Å². The quantitative estimate of drug-likeness (QED) is 0.170. The smallest absolute Gasteiger partial charge is 0.315 e. The third-order valence-electron chi connectivity index (χ3n) is 6.80. The van der Waals surface area contributed by atoms with E-state index in [0.29, 0.717) is 11.3 Å². The lowest BCUT2D eigenvalue weighted by atomic mass is 9.68. The molecule has 0 saturated heterocycles. The lowest BCUT2D eigenvalue weighted by molar-refractivity contribution is -0.385. The number of esters is 1. The molecule has 1 aliphatic carbocycles. The van der Waals surface area contributed by atoms with Gasteiger partial charge in [0, 0.05) is 29.0 Å². The molecule has 2 aliphatic rings. The zero-order chi connectivity index (χ0) is 23.8. The third-order valence-corrected chi connectivity index (χ3v) is 6.80. The minimum absolute atomic E-state index is 0.0767. The predicted molar refractivity (Wildman–Crippen MR) is 127 cm³/mol. The van der Waals surface area contributed by atoms with E-state index in [0.717, 1.165) is 42.6 Å². The number of nitro groups is 1. The Balaban J connectivity index is 1.73. The number of benzene rings is 2. The normalized spacial score (nSPS) is 20.7. The molecule has 1 unspecified atom stereocenters. The van der Waals surface area contributed by atoms with E-state index in [-0.39, 0.29) is 29.5 Å². The summed E-state index contributed by atoms with van der Waals surface area (Å²) in [7, 11) is 0. The van der Waals surface area contributed by atoms with E-state index in [2.05, 4.69) is 39.8 Å². The topological polar surface area (TPSA) is 78.7 Å². The van der Waals surface area contributed by atoms with Crippen LogP contribution < -0.4 is 9.47 Å². The van der Waals surface area contributed by atoms with Gasteiger partial charge in [0.25, 0.3) is 5.69 Å². The number of aryl methyl sites for hydroxylation is 1. The van der Waals surface area contributed by atoms with Crippen molar-refractivity contribution < 1.29 is 19.2 Å². The van der Waals surface area contributed by atoms with Crippen LogP contribution in [0.4, 0.5) is 5.69 Å². The number of hydrogen-bond acceptors (Lipinski definition) is 5. The van der Waals surface area contributed by atoms with Crippen molar-refractivity contribution in [2.24, 2.45) is 5.92 Å². The van der Waals surface area contributed by atoms with Crippen LogP contribution in [-0.4, -0.2) is 16.5 Å². The largest absolute Gasteiger partial charge is 0.487 e. The molecule has 0 amide bonds. The number of ether oxygens (including phenoxy) is 2. The van der Waals surface area contributed by atoms with Gasteiger partial charge in [0.2, 0.25) is 0 Å². The summed E-state index contributed by atoms with van der Waals surface area (Å²) >= 11 is 0. The molecule has 0 aromatic heterocycles. The van der Waals surface area contributed by atoms with E-state index < -0.39 is 10.9 Å². The van der Waals surface area contributed by atoms with E-state index in [1.165, 1.54) is 11.6 Å². The zero-order valence-electron chi connectivity index (χ0n) is 19.7.